The van der Waals surface area contributed by atoms with E-state index in [9.17, 15) is 0 Å². The number of likely N-dealkylation sites (N-methyl/N-ethyl adjacent to an activating group) is 1. The zero-order valence-corrected chi connectivity index (χ0v) is 17.4. The van der Waals surface area contributed by atoms with Crippen molar-refractivity contribution < 1.29 is 9.47 Å². The Hall–Kier alpha value is -3.58. The van der Waals surface area contributed by atoms with Crippen LogP contribution in [0.1, 0.15) is 0 Å². The molecule has 0 radical (unpaired) electrons. The van der Waals surface area contributed by atoms with Gasteiger partial charge in [-0.15, -0.1) is 0 Å². The van der Waals surface area contributed by atoms with Crippen molar-refractivity contribution in [3.05, 3.63) is 61.1 Å². The van der Waals surface area contributed by atoms with Crippen molar-refractivity contribution in [2.45, 2.75) is 0 Å². The minimum absolute atomic E-state index is 0.268. The summed E-state index contributed by atoms with van der Waals surface area (Å²) in [7, 11) is 2.18. The number of hydrogen-bond acceptors (Lipinski definition) is 6. The van der Waals surface area contributed by atoms with Crippen LogP contribution in [0.5, 0.6) is 11.5 Å². The smallest absolute Gasteiger partial charge is 0.231 e. The first kappa shape index (κ1) is 18.2. The van der Waals surface area contributed by atoms with Gasteiger partial charge in [0.15, 0.2) is 17.1 Å². The molecule has 0 amide bonds. The fourth-order valence-corrected chi connectivity index (χ4v) is 4.22. The van der Waals surface area contributed by atoms with Crippen LogP contribution in [0.2, 0.25) is 0 Å². The average molecular weight is 413 g/mol. The highest BCUT2D eigenvalue weighted by Gasteiger charge is 2.17. The van der Waals surface area contributed by atoms with E-state index >= 15 is 0 Å². The fourth-order valence-electron chi connectivity index (χ4n) is 4.22. The van der Waals surface area contributed by atoms with Crippen molar-refractivity contribution in [3.8, 4) is 34.0 Å². The Labute approximate surface area is 180 Å². The number of rotatable bonds is 3. The summed E-state index contributed by atoms with van der Waals surface area (Å²) in [6, 6.07) is 14.7. The van der Waals surface area contributed by atoms with Crippen LogP contribution >= 0.6 is 0 Å². The van der Waals surface area contributed by atoms with E-state index in [1.807, 2.05) is 36.8 Å². The van der Waals surface area contributed by atoms with Gasteiger partial charge in [-0.05, 0) is 37.4 Å². The third-order valence-corrected chi connectivity index (χ3v) is 6.10. The van der Waals surface area contributed by atoms with Crippen LogP contribution in [0.4, 0.5) is 5.69 Å². The average Bonchev–Trinajstić information content (AvgIpc) is 3.45. The Morgan fingerprint density at radius 1 is 0.806 bits per heavy atom. The van der Waals surface area contributed by atoms with E-state index in [1.165, 1.54) is 5.69 Å². The van der Waals surface area contributed by atoms with Gasteiger partial charge in [0.05, 0.1) is 23.8 Å². The van der Waals surface area contributed by atoms with Crippen LogP contribution in [-0.4, -0.2) is 59.3 Å². The number of piperazine rings is 1. The van der Waals surface area contributed by atoms with Crippen LogP contribution in [0.25, 0.3) is 28.2 Å². The molecule has 0 spiro atoms. The number of benzene rings is 2. The Balaban J connectivity index is 1.32. The second-order valence-electron chi connectivity index (χ2n) is 8.05. The summed E-state index contributed by atoms with van der Waals surface area (Å²) in [5.74, 6) is 1.54. The number of aromatic nitrogens is 3. The molecule has 2 aliphatic rings. The molecule has 7 heteroatoms. The number of hydrogen-bond donors (Lipinski definition) is 0. The zero-order chi connectivity index (χ0) is 20.8. The number of imidazole rings is 1. The van der Waals surface area contributed by atoms with Gasteiger partial charge in [-0.2, -0.15) is 0 Å². The zero-order valence-electron chi connectivity index (χ0n) is 17.4. The van der Waals surface area contributed by atoms with Gasteiger partial charge in [0.1, 0.15) is 0 Å². The van der Waals surface area contributed by atoms with Crippen molar-refractivity contribution in [2.75, 3.05) is 44.9 Å². The maximum absolute atomic E-state index is 5.54. The lowest BCUT2D eigenvalue weighted by Gasteiger charge is -2.34. The Bertz CT molecular complexity index is 1240. The molecule has 0 atom stereocenters. The van der Waals surface area contributed by atoms with Gasteiger partial charge in [-0.3, -0.25) is 9.38 Å². The molecule has 1 fully saturated rings. The Morgan fingerprint density at radius 2 is 1.58 bits per heavy atom. The first-order valence-electron chi connectivity index (χ1n) is 10.5. The number of fused-ring (bicyclic) bond motifs is 2. The standard InChI is InChI=1S/C24H23N5O2/c1-27-8-10-28(11-9-27)19-5-2-17(3-6-19)20-15-29-21(13-26-24(29)14-25-20)18-4-7-22-23(12-18)31-16-30-22/h2-7,12-15H,8-11,16H2,1H3. The van der Waals surface area contributed by atoms with Gasteiger partial charge in [0.25, 0.3) is 0 Å². The molecule has 6 rings (SSSR count). The first-order chi connectivity index (χ1) is 15.2. The van der Waals surface area contributed by atoms with E-state index in [4.69, 9.17) is 9.47 Å². The van der Waals surface area contributed by atoms with E-state index < -0.39 is 0 Å². The molecule has 156 valence electrons. The molecule has 0 saturated carbocycles. The largest absolute Gasteiger partial charge is 0.454 e. The van der Waals surface area contributed by atoms with Crippen molar-refractivity contribution in [1.29, 1.82) is 0 Å². The SMILES string of the molecule is CN1CCN(c2ccc(-c3cn4c(-c5ccc6c(c5)OCO6)cnc4cn3)cc2)CC1. The molecular weight excluding hydrogens is 390 g/mol. The van der Waals surface area contributed by atoms with Gasteiger partial charge in [0, 0.05) is 49.2 Å². The van der Waals surface area contributed by atoms with E-state index in [2.05, 4.69) is 55.5 Å². The number of nitrogens with zero attached hydrogens (tertiary/aromatic N) is 5. The highest BCUT2D eigenvalue weighted by Crippen LogP contribution is 2.36. The molecule has 0 bridgehead atoms. The van der Waals surface area contributed by atoms with E-state index in [0.29, 0.717) is 0 Å². The third-order valence-electron chi connectivity index (χ3n) is 6.10. The van der Waals surface area contributed by atoms with E-state index in [-0.39, 0.29) is 6.79 Å². The van der Waals surface area contributed by atoms with Crippen molar-refractivity contribution in [1.82, 2.24) is 19.3 Å². The van der Waals surface area contributed by atoms with Crippen LogP contribution in [-0.2, 0) is 0 Å². The predicted octanol–water partition coefficient (Wildman–Crippen LogP) is 3.54. The van der Waals surface area contributed by atoms with Gasteiger partial charge in [-0.1, -0.05) is 12.1 Å². The molecule has 1 saturated heterocycles. The summed E-state index contributed by atoms with van der Waals surface area (Å²) in [6.45, 7) is 4.60. The maximum Gasteiger partial charge on any atom is 0.231 e. The number of ether oxygens (including phenoxy) is 2. The van der Waals surface area contributed by atoms with Gasteiger partial charge < -0.3 is 19.3 Å². The lowest BCUT2D eigenvalue weighted by molar-refractivity contribution is 0.174. The molecular formula is C24H23N5O2. The topological polar surface area (TPSA) is 55.1 Å². The Morgan fingerprint density at radius 3 is 2.42 bits per heavy atom. The third kappa shape index (κ3) is 3.27. The monoisotopic (exact) mass is 413 g/mol. The molecule has 0 unspecified atom stereocenters. The molecule has 4 heterocycles. The summed E-state index contributed by atoms with van der Waals surface area (Å²) in [4.78, 5) is 14.0. The second-order valence-corrected chi connectivity index (χ2v) is 8.05. The lowest BCUT2D eigenvalue weighted by Crippen LogP contribution is -2.44. The van der Waals surface area contributed by atoms with Gasteiger partial charge in [0.2, 0.25) is 6.79 Å². The van der Waals surface area contributed by atoms with Gasteiger partial charge >= 0.3 is 0 Å². The summed E-state index contributed by atoms with van der Waals surface area (Å²) in [5.41, 5.74) is 6.10. The molecule has 2 aromatic carbocycles. The van der Waals surface area contributed by atoms with E-state index in [0.717, 1.165) is 65.8 Å². The fraction of sp³-hybridized carbons (Fsp3) is 0.250. The summed E-state index contributed by atoms with van der Waals surface area (Å²) in [6.07, 6.45) is 5.74. The number of anilines is 1. The van der Waals surface area contributed by atoms with Crippen LogP contribution in [0, 0.1) is 0 Å². The molecule has 0 aliphatic carbocycles. The molecule has 7 nitrogen and oxygen atoms in total. The van der Waals surface area contributed by atoms with Crippen molar-refractivity contribution >= 4 is 11.3 Å². The molecule has 4 aromatic rings. The molecule has 2 aromatic heterocycles. The highest BCUT2D eigenvalue weighted by molar-refractivity contribution is 5.69. The van der Waals surface area contributed by atoms with E-state index in [1.54, 1.807) is 0 Å². The second kappa shape index (κ2) is 7.28. The highest BCUT2D eigenvalue weighted by atomic mass is 16.7. The lowest BCUT2D eigenvalue weighted by atomic mass is 10.1. The molecule has 31 heavy (non-hydrogen) atoms. The van der Waals surface area contributed by atoms with Crippen molar-refractivity contribution in [2.24, 2.45) is 0 Å². The van der Waals surface area contributed by atoms with Crippen LogP contribution < -0.4 is 14.4 Å². The molecule has 2 aliphatic heterocycles. The predicted molar refractivity (Wildman–Crippen MR) is 120 cm³/mol. The van der Waals surface area contributed by atoms with Crippen LogP contribution in [0.15, 0.2) is 61.1 Å². The summed E-state index contributed by atoms with van der Waals surface area (Å²) >= 11 is 0. The van der Waals surface area contributed by atoms with Crippen molar-refractivity contribution in [3.63, 3.8) is 0 Å². The first-order valence-corrected chi connectivity index (χ1v) is 10.5. The Kier molecular flexibility index (Phi) is 4.28. The van der Waals surface area contributed by atoms with Gasteiger partial charge in [-0.25, -0.2) is 4.98 Å². The summed E-state index contributed by atoms with van der Waals surface area (Å²) in [5, 5.41) is 0. The van der Waals surface area contributed by atoms with Crippen LogP contribution in [0.3, 0.4) is 0 Å². The minimum Gasteiger partial charge on any atom is -0.454 e. The maximum atomic E-state index is 5.54. The minimum atomic E-state index is 0.268. The molecule has 0 N–H and O–H groups in total. The normalized spacial score (nSPS) is 16.2. The quantitative estimate of drug-likeness (QED) is 0.512. The summed E-state index contributed by atoms with van der Waals surface area (Å²) < 4.78 is 13.0.